The molecule has 0 aliphatic carbocycles. The zero-order chi connectivity index (χ0) is 12.6. The van der Waals surface area contributed by atoms with E-state index in [1.807, 2.05) is 4.57 Å². The van der Waals surface area contributed by atoms with Crippen LogP contribution in [0.3, 0.4) is 0 Å². The fourth-order valence-corrected chi connectivity index (χ4v) is 1.83. The second-order valence-corrected chi connectivity index (χ2v) is 5.23. The van der Waals surface area contributed by atoms with Crippen molar-refractivity contribution in [1.82, 2.24) is 14.5 Å². The van der Waals surface area contributed by atoms with Crippen LogP contribution in [-0.4, -0.2) is 14.5 Å². The minimum absolute atomic E-state index is 0.502. The lowest BCUT2D eigenvalue weighted by Crippen LogP contribution is -2.15. The molecule has 1 atom stereocenters. The van der Waals surface area contributed by atoms with E-state index in [0.717, 1.165) is 17.7 Å². The molecule has 2 aromatic heterocycles. The standard InChI is InChI=1S/C12H17ClN4/c1-7(2)8(3)6-17-11-10(16-12(17)14)4-9(13)5-15-11/h4-5,7-8H,6H2,1-3H3,(H2,14,16). The van der Waals surface area contributed by atoms with Crippen LogP contribution in [0, 0.1) is 11.8 Å². The number of aromatic nitrogens is 3. The number of hydrogen-bond acceptors (Lipinski definition) is 3. The summed E-state index contributed by atoms with van der Waals surface area (Å²) in [6.45, 7) is 7.43. The predicted molar refractivity (Wildman–Crippen MR) is 71.0 cm³/mol. The van der Waals surface area contributed by atoms with E-state index in [0.29, 0.717) is 22.8 Å². The third-order valence-corrected chi connectivity index (χ3v) is 3.40. The Morgan fingerprint density at radius 2 is 2.12 bits per heavy atom. The average Bonchev–Trinajstić information content (AvgIpc) is 2.54. The maximum atomic E-state index is 5.92. The number of nitrogens with two attached hydrogens (primary N) is 1. The molecule has 0 bridgehead atoms. The van der Waals surface area contributed by atoms with Crippen molar-refractivity contribution in [3.63, 3.8) is 0 Å². The van der Waals surface area contributed by atoms with Gasteiger partial charge in [-0.15, -0.1) is 0 Å². The molecule has 0 aliphatic rings. The van der Waals surface area contributed by atoms with Crippen molar-refractivity contribution in [2.75, 3.05) is 5.73 Å². The van der Waals surface area contributed by atoms with Gasteiger partial charge < -0.3 is 5.73 Å². The number of nitrogens with zero attached hydrogens (tertiary/aromatic N) is 3. The first-order valence-electron chi connectivity index (χ1n) is 5.76. The van der Waals surface area contributed by atoms with E-state index in [1.54, 1.807) is 12.3 Å². The molecule has 0 amide bonds. The van der Waals surface area contributed by atoms with Gasteiger partial charge in [-0.25, -0.2) is 9.97 Å². The van der Waals surface area contributed by atoms with E-state index in [1.165, 1.54) is 0 Å². The van der Waals surface area contributed by atoms with Crippen LogP contribution in [-0.2, 0) is 6.54 Å². The van der Waals surface area contributed by atoms with Crippen LogP contribution in [0.15, 0.2) is 12.3 Å². The second-order valence-electron chi connectivity index (χ2n) is 4.80. The lowest BCUT2D eigenvalue weighted by molar-refractivity contribution is 0.370. The fraction of sp³-hybridized carbons (Fsp3) is 0.500. The Morgan fingerprint density at radius 1 is 1.41 bits per heavy atom. The van der Waals surface area contributed by atoms with Crippen LogP contribution < -0.4 is 5.73 Å². The van der Waals surface area contributed by atoms with Gasteiger partial charge in [-0.1, -0.05) is 32.4 Å². The molecule has 0 spiro atoms. The van der Waals surface area contributed by atoms with E-state index in [2.05, 4.69) is 30.7 Å². The average molecular weight is 253 g/mol. The Morgan fingerprint density at radius 3 is 2.76 bits per heavy atom. The molecule has 0 aliphatic heterocycles. The van der Waals surface area contributed by atoms with Crippen molar-refractivity contribution in [3.8, 4) is 0 Å². The van der Waals surface area contributed by atoms with Crippen molar-refractivity contribution >= 4 is 28.7 Å². The van der Waals surface area contributed by atoms with E-state index in [4.69, 9.17) is 17.3 Å². The Labute approximate surface area is 106 Å². The summed E-state index contributed by atoms with van der Waals surface area (Å²) in [5.41, 5.74) is 7.48. The Bertz CT molecular complexity index is 533. The first kappa shape index (κ1) is 12.2. The quantitative estimate of drug-likeness (QED) is 0.914. The van der Waals surface area contributed by atoms with E-state index >= 15 is 0 Å². The number of halogens is 1. The molecular weight excluding hydrogens is 236 g/mol. The van der Waals surface area contributed by atoms with Gasteiger partial charge in [0.1, 0.15) is 5.52 Å². The summed E-state index contributed by atoms with van der Waals surface area (Å²) in [6.07, 6.45) is 1.63. The molecular formula is C12H17ClN4. The lowest BCUT2D eigenvalue weighted by Gasteiger charge is -2.16. The molecule has 0 fully saturated rings. The van der Waals surface area contributed by atoms with Gasteiger partial charge in [0.05, 0.1) is 5.02 Å². The molecule has 0 radical (unpaired) electrons. The minimum Gasteiger partial charge on any atom is -0.369 e. The van der Waals surface area contributed by atoms with Crippen molar-refractivity contribution in [2.45, 2.75) is 27.3 Å². The third kappa shape index (κ3) is 2.36. The van der Waals surface area contributed by atoms with Gasteiger partial charge in [-0.05, 0) is 17.9 Å². The number of pyridine rings is 1. The van der Waals surface area contributed by atoms with E-state index in [-0.39, 0.29) is 0 Å². The summed E-state index contributed by atoms with van der Waals surface area (Å²) < 4.78 is 1.95. The number of rotatable bonds is 3. The first-order chi connectivity index (χ1) is 7.99. The first-order valence-corrected chi connectivity index (χ1v) is 6.14. The number of fused-ring (bicyclic) bond motifs is 1. The van der Waals surface area contributed by atoms with Gasteiger partial charge in [0.15, 0.2) is 5.65 Å². The van der Waals surface area contributed by atoms with Crippen molar-refractivity contribution in [1.29, 1.82) is 0 Å². The summed E-state index contributed by atoms with van der Waals surface area (Å²) in [5, 5.41) is 0.582. The van der Waals surface area contributed by atoms with Gasteiger partial charge in [0.25, 0.3) is 0 Å². The van der Waals surface area contributed by atoms with E-state index < -0.39 is 0 Å². The predicted octanol–water partition coefficient (Wildman–Crippen LogP) is 2.96. The molecule has 2 heterocycles. The van der Waals surface area contributed by atoms with Gasteiger partial charge in [0, 0.05) is 12.7 Å². The molecule has 92 valence electrons. The maximum Gasteiger partial charge on any atom is 0.202 e. The highest BCUT2D eigenvalue weighted by atomic mass is 35.5. The topological polar surface area (TPSA) is 56.7 Å². The lowest BCUT2D eigenvalue weighted by atomic mass is 9.98. The fourth-order valence-electron chi connectivity index (χ4n) is 1.68. The van der Waals surface area contributed by atoms with Crippen molar-refractivity contribution < 1.29 is 0 Å². The van der Waals surface area contributed by atoms with Crippen molar-refractivity contribution in [3.05, 3.63) is 17.3 Å². The monoisotopic (exact) mass is 252 g/mol. The molecule has 2 N–H and O–H groups in total. The summed E-state index contributed by atoms with van der Waals surface area (Å²) in [6, 6.07) is 1.79. The van der Waals surface area contributed by atoms with Crippen LogP contribution >= 0.6 is 11.6 Å². The minimum atomic E-state index is 0.502. The number of hydrogen-bond donors (Lipinski definition) is 1. The van der Waals surface area contributed by atoms with Crippen molar-refractivity contribution in [2.24, 2.45) is 11.8 Å². The SMILES string of the molecule is CC(C)C(C)Cn1c(N)nc2cc(Cl)cnc21. The summed E-state index contributed by atoms with van der Waals surface area (Å²) in [5.74, 6) is 1.62. The Balaban J connectivity index is 2.43. The van der Waals surface area contributed by atoms with Crippen LogP contribution in [0.1, 0.15) is 20.8 Å². The number of nitrogen functional groups attached to an aromatic ring is 1. The molecule has 0 aromatic carbocycles. The van der Waals surface area contributed by atoms with Crippen LogP contribution in [0.25, 0.3) is 11.2 Å². The highest BCUT2D eigenvalue weighted by molar-refractivity contribution is 6.31. The van der Waals surface area contributed by atoms with Crippen LogP contribution in [0.5, 0.6) is 0 Å². The summed E-state index contributed by atoms with van der Waals surface area (Å²) >= 11 is 5.88. The molecule has 4 nitrogen and oxygen atoms in total. The summed E-state index contributed by atoms with van der Waals surface area (Å²) in [4.78, 5) is 8.58. The molecule has 1 unspecified atom stereocenters. The number of imidazole rings is 1. The largest absolute Gasteiger partial charge is 0.369 e. The van der Waals surface area contributed by atoms with Gasteiger partial charge in [-0.2, -0.15) is 0 Å². The smallest absolute Gasteiger partial charge is 0.202 e. The van der Waals surface area contributed by atoms with Gasteiger partial charge in [-0.3, -0.25) is 4.57 Å². The summed E-state index contributed by atoms with van der Waals surface area (Å²) in [7, 11) is 0. The van der Waals surface area contributed by atoms with Gasteiger partial charge in [0.2, 0.25) is 5.95 Å². The van der Waals surface area contributed by atoms with Crippen LogP contribution in [0.4, 0.5) is 5.95 Å². The molecule has 5 heteroatoms. The Hall–Kier alpha value is -1.29. The maximum absolute atomic E-state index is 5.92. The van der Waals surface area contributed by atoms with Crippen LogP contribution in [0.2, 0.25) is 5.02 Å². The molecule has 17 heavy (non-hydrogen) atoms. The zero-order valence-corrected chi connectivity index (χ0v) is 11.1. The zero-order valence-electron chi connectivity index (χ0n) is 10.3. The number of anilines is 1. The third-order valence-electron chi connectivity index (χ3n) is 3.19. The van der Waals surface area contributed by atoms with Gasteiger partial charge >= 0.3 is 0 Å². The normalized spacial score (nSPS) is 13.5. The highest BCUT2D eigenvalue weighted by Gasteiger charge is 2.14. The molecule has 0 saturated heterocycles. The second kappa shape index (κ2) is 4.53. The Kier molecular flexibility index (Phi) is 3.24. The van der Waals surface area contributed by atoms with E-state index in [9.17, 15) is 0 Å². The molecule has 0 saturated carbocycles. The molecule has 2 rings (SSSR count). The highest BCUT2D eigenvalue weighted by Crippen LogP contribution is 2.22. The molecule has 2 aromatic rings.